The average molecular weight is 275 g/mol. The smallest absolute Gasteiger partial charge is 0.125 e. The molecule has 0 radical (unpaired) electrons. The molecular formula is C17H19ClO. The van der Waals surface area contributed by atoms with Gasteiger partial charge in [-0.05, 0) is 31.5 Å². The molecule has 0 spiro atoms. The summed E-state index contributed by atoms with van der Waals surface area (Å²) in [6, 6.07) is 16.6. The summed E-state index contributed by atoms with van der Waals surface area (Å²) >= 11 is 5.89. The molecule has 0 N–H and O–H groups in total. The Labute approximate surface area is 120 Å². The van der Waals surface area contributed by atoms with Crippen molar-refractivity contribution in [3.63, 3.8) is 0 Å². The zero-order valence-corrected chi connectivity index (χ0v) is 12.2. The molecule has 2 heteroatoms. The highest BCUT2D eigenvalue weighted by Gasteiger charge is 2.12. The SMILES string of the molecule is Cc1ccc(OC(CCCl)c2ccc(C)cc2)cc1. The first-order valence-electron chi connectivity index (χ1n) is 6.55. The van der Waals surface area contributed by atoms with Crippen molar-refractivity contribution in [3.05, 3.63) is 65.2 Å². The minimum Gasteiger partial charge on any atom is -0.486 e. The highest BCUT2D eigenvalue weighted by molar-refractivity contribution is 6.17. The van der Waals surface area contributed by atoms with Crippen molar-refractivity contribution in [3.8, 4) is 5.75 Å². The van der Waals surface area contributed by atoms with E-state index in [1.165, 1.54) is 16.7 Å². The van der Waals surface area contributed by atoms with E-state index in [0.717, 1.165) is 12.2 Å². The molecule has 19 heavy (non-hydrogen) atoms. The van der Waals surface area contributed by atoms with Crippen LogP contribution in [0.3, 0.4) is 0 Å². The van der Waals surface area contributed by atoms with Crippen LogP contribution in [0.2, 0.25) is 0 Å². The maximum atomic E-state index is 6.05. The molecule has 0 aromatic heterocycles. The predicted molar refractivity (Wildman–Crippen MR) is 81.1 cm³/mol. The van der Waals surface area contributed by atoms with Gasteiger partial charge in [-0.2, -0.15) is 0 Å². The largest absolute Gasteiger partial charge is 0.486 e. The summed E-state index contributed by atoms with van der Waals surface area (Å²) in [4.78, 5) is 0. The van der Waals surface area contributed by atoms with Crippen molar-refractivity contribution in [2.75, 3.05) is 5.88 Å². The van der Waals surface area contributed by atoms with E-state index in [1.54, 1.807) is 0 Å². The van der Waals surface area contributed by atoms with Crippen LogP contribution in [0.1, 0.15) is 29.2 Å². The van der Waals surface area contributed by atoms with Crippen molar-refractivity contribution in [1.29, 1.82) is 0 Å². The summed E-state index contributed by atoms with van der Waals surface area (Å²) in [5, 5.41) is 0. The summed E-state index contributed by atoms with van der Waals surface area (Å²) < 4.78 is 6.05. The molecule has 1 atom stereocenters. The molecule has 0 bridgehead atoms. The van der Waals surface area contributed by atoms with Crippen LogP contribution in [0, 0.1) is 13.8 Å². The maximum absolute atomic E-state index is 6.05. The zero-order valence-electron chi connectivity index (χ0n) is 11.4. The Morgan fingerprint density at radius 3 is 1.95 bits per heavy atom. The Morgan fingerprint density at radius 1 is 0.895 bits per heavy atom. The van der Waals surface area contributed by atoms with Crippen LogP contribution in [0.15, 0.2) is 48.5 Å². The second-order valence-electron chi connectivity index (χ2n) is 4.81. The molecule has 2 rings (SSSR count). The standard InChI is InChI=1S/C17H19ClO/c1-13-3-7-15(8-4-13)17(11-12-18)19-16-9-5-14(2)6-10-16/h3-10,17H,11-12H2,1-2H3. The molecule has 0 saturated heterocycles. The minimum atomic E-state index is 0.0146. The van der Waals surface area contributed by atoms with E-state index >= 15 is 0 Å². The van der Waals surface area contributed by atoms with E-state index in [9.17, 15) is 0 Å². The van der Waals surface area contributed by atoms with Crippen molar-refractivity contribution < 1.29 is 4.74 Å². The first-order valence-corrected chi connectivity index (χ1v) is 7.08. The van der Waals surface area contributed by atoms with Crippen LogP contribution in [0.5, 0.6) is 5.75 Å². The minimum absolute atomic E-state index is 0.0146. The molecule has 0 amide bonds. The topological polar surface area (TPSA) is 9.23 Å². The van der Waals surface area contributed by atoms with Gasteiger partial charge < -0.3 is 4.74 Å². The molecule has 1 unspecified atom stereocenters. The molecule has 0 fully saturated rings. The summed E-state index contributed by atoms with van der Waals surface area (Å²) in [5.74, 6) is 1.48. The number of benzene rings is 2. The van der Waals surface area contributed by atoms with E-state index < -0.39 is 0 Å². The lowest BCUT2D eigenvalue weighted by Gasteiger charge is -2.19. The highest BCUT2D eigenvalue weighted by Crippen LogP contribution is 2.25. The quantitative estimate of drug-likeness (QED) is 0.693. The molecule has 2 aromatic rings. The third-order valence-electron chi connectivity index (χ3n) is 3.12. The summed E-state index contributed by atoms with van der Waals surface area (Å²) in [7, 11) is 0. The van der Waals surface area contributed by atoms with Gasteiger partial charge in [-0.3, -0.25) is 0 Å². The Kier molecular flexibility index (Phi) is 4.86. The fourth-order valence-corrected chi connectivity index (χ4v) is 2.15. The van der Waals surface area contributed by atoms with E-state index in [0.29, 0.717) is 5.88 Å². The van der Waals surface area contributed by atoms with Crippen LogP contribution in [0.25, 0.3) is 0 Å². The number of halogens is 1. The van der Waals surface area contributed by atoms with Gasteiger partial charge in [0.15, 0.2) is 0 Å². The van der Waals surface area contributed by atoms with Gasteiger partial charge in [-0.25, -0.2) is 0 Å². The van der Waals surface area contributed by atoms with Gasteiger partial charge in [0, 0.05) is 12.3 Å². The van der Waals surface area contributed by atoms with Gasteiger partial charge in [-0.1, -0.05) is 47.5 Å². The monoisotopic (exact) mass is 274 g/mol. The first-order chi connectivity index (χ1) is 9.19. The highest BCUT2D eigenvalue weighted by atomic mass is 35.5. The Hall–Kier alpha value is -1.47. The van der Waals surface area contributed by atoms with Crippen LogP contribution in [0.4, 0.5) is 0 Å². The van der Waals surface area contributed by atoms with E-state index in [2.05, 4.69) is 50.2 Å². The number of aryl methyl sites for hydroxylation is 2. The Bertz CT molecular complexity index is 502. The Morgan fingerprint density at radius 2 is 1.42 bits per heavy atom. The molecule has 0 heterocycles. The van der Waals surface area contributed by atoms with Gasteiger partial charge in [0.2, 0.25) is 0 Å². The summed E-state index contributed by atoms with van der Waals surface area (Å²) in [6.45, 7) is 4.15. The molecule has 0 aliphatic carbocycles. The zero-order chi connectivity index (χ0) is 13.7. The molecule has 0 saturated carbocycles. The van der Waals surface area contributed by atoms with E-state index in [1.807, 2.05) is 12.1 Å². The fourth-order valence-electron chi connectivity index (χ4n) is 1.95. The predicted octanol–water partition coefficient (Wildman–Crippen LogP) is 5.05. The number of hydrogen-bond donors (Lipinski definition) is 0. The van der Waals surface area contributed by atoms with Crippen molar-refractivity contribution in [2.45, 2.75) is 26.4 Å². The van der Waals surface area contributed by atoms with Crippen LogP contribution >= 0.6 is 11.6 Å². The van der Waals surface area contributed by atoms with Crippen molar-refractivity contribution in [2.24, 2.45) is 0 Å². The van der Waals surface area contributed by atoms with Gasteiger partial charge in [-0.15, -0.1) is 11.6 Å². The summed E-state index contributed by atoms with van der Waals surface area (Å²) in [5.41, 5.74) is 3.66. The van der Waals surface area contributed by atoms with E-state index in [4.69, 9.17) is 16.3 Å². The van der Waals surface area contributed by atoms with Gasteiger partial charge >= 0.3 is 0 Å². The number of hydrogen-bond acceptors (Lipinski definition) is 1. The van der Waals surface area contributed by atoms with E-state index in [-0.39, 0.29) is 6.10 Å². The molecule has 2 aromatic carbocycles. The lowest BCUT2D eigenvalue weighted by Crippen LogP contribution is -2.08. The maximum Gasteiger partial charge on any atom is 0.125 e. The van der Waals surface area contributed by atoms with Crippen LogP contribution < -0.4 is 4.74 Å². The lowest BCUT2D eigenvalue weighted by atomic mass is 10.1. The fraction of sp³-hybridized carbons (Fsp3) is 0.294. The van der Waals surface area contributed by atoms with Crippen molar-refractivity contribution in [1.82, 2.24) is 0 Å². The first kappa shape index (κ1) is 14.0. The van der Waals surface area contributed by atoms with Gasteiger partial charge in [0.1, 0.15) is 11.9 Å². The Balaban J connectivity index is 2.15. The molecule has 0 aliphatic rings. The summed E-state index contributed by atoms with van der Waals surface area (Å²) in [6.07, 6.45) is 0.819. The normalized spacial score (nSPS) is 12.2. The molecule has 1 nitrogen and oxygen atoms in total. The average Bonchev–Trinajstić information content (AvgIpc) is 2.42. The van der Waals surface area contributed by atoms with Gasteiger partial charge in [0.05, 0.1) is 0 Å². The van der Waals surface area contributed by atoms with Crippen molar-refractivity contribution >= 4 is 11.6 Å². The number of ether oxygens (including phenoxy) is 1. The van der Waals surface area contributed by atoms with Gasteiger partial charge in [0.25, 0.3) is 0 Å². The number of rotatable bonds is 5. The molecule has 0 aliphatic heterocycles. The molecular weight excluding hydrogens is 256 g/mol. The second-order valence-corrected chi connectivity index (χ2v) is 5.19. The third-order valence-corrected chi connectivity index (χ3v) is 3.34. The van der Waals surface area contributed by atoms with Crippen LogP contribution in [-0.2, 0) is 0 Å². The third kappa shape index (κ3) is 4.00. The molecule has 100 valence electrons. The lowest BCUT2D eigenvalue weighted by molar-refractivity contribution is 0.202. The second kappa shape index (κ2) is 6.63. The van der Waals surface area contributed by atoms with Crippen LogP contribution in [-0.4, -0.2) is 5.88 Å². The number of alkyl halides is 1.